The zero-order valence-electron chi connectivity index (χ0n) is 52.5. The lowest BCUT2D eigenvalue weighted by atomic mass is 9.65. The third kappa shape index (κ3) is 7.78. The largest absolute Gasteiger partial charge is 0.455 e. The molecule has 3 aromatic heterocycles. The summed E-state index contributed by atoms with van der Waals surface area (Å²) in [6.45, 7) is 27.5. The summed E-state index contributed by atoms with van der Waals surface area (Å²) in [5.41, 5.74) is 24.0. The molecular weight excluding hydrogens is 1070 g/mol. The first kappa shape index (κ1) is 53.9. The first-order valence-corrected chi connectivity index (χ1v) is 31.3. The number of hydrogen-bond donors (Lipinski definition) is 0. The highest BCUT2D eigenvalue weighted by atomic mass is 16.3. The van der Waals surface area contributed by atoms with E-state index in [4.69, 9.17) is 8.83 Å². The number of anilines is 6. The third-order valence-electron chi connectivity index (χ3n) is 19.4. The van der Waals surface area contributed by atoms with Crippen LogP contribution in [-0.4, -0.2) is 4.57 Å². The summed E-state index contributed by atoms with van der Waals surface area (Å²) < 4.78 is 17.8. The number of fused-ring (bicyclic) bond motifs is 20. The molecule has 16 rings (SSSR count). The minimum Gasteiger partial charge on any atom is -0.455 e. The van der Waals surface area contributed by atoms with Gasteiger partial charge >= 0.3 is 0 Å². The van der Waals surface area contributed by atoms with Crippen molar-refractivity contribution in [2.24, 2.45) is 0 Å². The minimum atomic E-state index is -0.940. The maximum atomic E-state index is 7.71. The molecule has 1 atom stereocenters. The molecule has 1 spiro atoms. The zero-order valence-corrected chi connectivity index (χ0v) is 52.5. The van der Waals surface area contributed by atoms with Gasteiger partial charge in [-0.3, -0.25) is 0 Å². The molecule has 5 nitrogen and oxygen atoms in total. The molecule has 4 heterocycles. The van der Waals surface area contributed by atoms with Crippen molar-refractivity contribution in [3.8, 4) is 16.8 Å². The van der Waals surface area contributed by atoms with E-state index in [0.29, 0.717) is 0 Å². The van der Waals surface area contributed by atoms with Gasteiger partial charge in [0.1, 0.15) is 16.7 Å². The summed E-state index contributed by atoms with van der Waals surface area (Å²) in [5, 5.41) is 6.66. The van der Waals surface area contributed by atoms with Crippen LogP contribution in [0.3, 0.4) is 0 Å². The van der Waals surface area contributed by atoms with Crippen molar-refractivity contribution in [1.29, 1.82) is 0 Å². The van der Waals surface area contributed by atoms with Crippen molar-refractivity contribution >= 4 is 99.8 Å². The highest BCUT2D eigenvalue weighted by Crippen LogP contribution is 2.67. The normalized spacial score (nSPS) is 14.9. The fraction of sp³-hybridized carbons (Fsp3) is 0.205. The highest BCUT2D eigenvalue weighted by Gasteiger charge is 2.54. The standard InChI is InChI=1S/C83H73N3O2/c1-79(2,3)50-32-40-54(41-33-50)84(55-42-34-51(35-43-55)80(4,5)6)68-48-65-75(78-72(68)60-23-14-19-30-70(60)88-78)74-64(83(65)62-26-16-18-29-67(62)86-66-28-17-13-22-58(66)59-25-21-27-63(83)76(59)86)49-69(77-73(74)61-24-15-20-31-71(61)87-77)85(56-44-36-52(37-45-56)81(7,8)9)57-46-38-53(39-47-57)82(10,11)12/h13-49H,1-12H3. The molecule has 2 aliphatic rings. The van der Waals surface area contributed by atoms with E-state index in [1.54, 1.807) is 0 Å². The molecule has 0 bridgehead atoms. The molecular formula is C83H73N3O2. The fourth-order valence-corrected chi connectivity index (χ4v) is 14.9. The average Bonchev–Trinajstić information content (AvgIpc) is 1.46. The predicted octanol–water partition coefficient (Wildman–Crippen LogP) is 23.4. The van der Waals surface area contributed by atoms with Crippen LogP contribution in [0.15, 0.2) is 233 Å². The van der Waals surface area contributed by atoms with Crippen LogP contribution < -0.4 is 9.80 Å². The summed E-state index contributed by atoms with van der Waals surface area (Å²) in [6, 6.07) is 84.7. The van der Waals surface area contributed by atoms with Crippen LogP contribution in [0.5, 0.6) is 0 Å². The Labute approximate surface area is 516 Å². The van der Waals surface area contributed by atoms with Gasteiger partial charge in [-0.15, -0.1) is 0 Å². The van der Waals surface area contributed by atoms with E-state index in [1.165, 1.54) is 60.8 Å². The van der Waals surface area contributed by atoms with Crippen LogP contribution in [0.1, 0.15) is 128 Å². The molecule has 0 saturated carbocycles. The van der Waals surface area contributed by atoms with Crippen molar-refractivity contribution in [3.63, 3.8) is 0 Å². The van der Waals surface area contributed by atoms with Crippen molar-refractivity contribution in [3.05, 3.63) is 269 Å². The summed E-state index contributed by atoms with van der Waals surface area (Å²) in [4.78, 5) is 4.96. The van der Waals surface area contributed by atoms with E-state index in [0.717, 1.165) is 100 Å². The van der Waals surface area contributed by atoms with E-state index < -0.39 is 5.41 Å². The van der Waals surface area contributed by atoms with E-state index in [-0.39, 0.29) is 21.7 Å². The number of para-hydroxylation sites is 5. The lowest BCUT2D eigenvalue weighted by molar-refractivity contribution is 0.590. The van der Waals surface area contributed by atoms with Gasteiger partial charge in [-0.2, -0.15) is 0 Å². The van der Waals surface area contributed by atoms with Gasteiger partial charge in [0, 0.05) is 60.8 Å². The molecule has 0 radical (unpaired) electrons. The second kappa shape index (κ2) is 18.7. The van der Waals surface area contributed by atoms with E-state index in [1.807, 2.05) is 0 Å². The second-order valence-electron chi connectivity index (χ2n) is 28.9. The van der Waals surface area contributed by atoms with Gasteiger partial charge in [0.25, 0.3) is 0 Å². The van der Waals surface area contributed by atoms with Crippen molar-refractivity contribution in [2.45, 2.75) is 110 Å². The molecule has 0 saturated heterocycles. The second-order valence-corrected chi connectivity index (χ2v) is 28.9. The maximum Gasteiger partial charge on any atom is 0.160 e. The quantitative estimate of drug-likeness (QED) is 0.166. The number of furan rings is 2. The number of benzene rings is 11. The first-order valence-electron chi connectivity index (χ1n) is 31.3. The van der Waals surface area contributed by atoms with Gasteiger partial charge in [-0.05, 0) is 151 Å². The van der Waals surface area contributed by atoms with E-state index >= 15 is 0 Å². The van der Waals surface area contributed by atoms with Crippen LogP contribution >= 0.6 is 0 Å². The number of rotatable bonds is 6. The van der Waals surface area contributed by atoms with Crippen molar-refractivity contribution < 1.29 is 8.83 Å². The van der Waals surface area contributed by atoms with Gasteiger partial charge in [-0.1, -0.05) is 223 Å². The van der Waals surface area contributed by atoms with Gasteiger partial charge in [0.15, 0.2) is 5.58 Å². The monoisotopic (exact) mass is 1140 g/mol. The number of nitrogens with zero attached hydrogens (tertiary/aromatic N) is 3. The topological polar surface area (TPSA) is 37.7 Å². The van der Waals surface area contributed by atoms with E-state index in [2.05, 4.69) is 322 Å². The number of hydrogen-bond acceptors (Lipinski definition) is 4. The molecule has 5 heteroatoms. The molecule has 88 heavy (non-hydrogen) atoms. The lowest BCUT2D eigenvalue weighted by Crippen LogP contribution is -2.34. The molecule has 0 amide bonds. The van der Waals surface area contributed by atoms with Crippen molar-refractivity contribution in [1.82, 2.24) is 4.57 Å². The summed E-state index contributed by atoms with van der Waals surface area (Å²) in [7, 11) is 0. The Bertz CT molecular complexity index is 5040. The molecule has 0 fully saturated rings. The van der Waals surface area contributed by atoms with Crippen LogP contribution in [0.4, 0.5) is 34.1 Å². The molecule has 1 aliphatic carbocycles. The molecule has 14 aromatic rings. The Morgan fingerprint density at radius 1 is 0.330 bits per heavy atom. The average molecular weight is 1140 g/mol. The van der Waals surface area contributed by atoms with Crippen LogP contribution in [0, 0.1) is 0 Å². The van der Waals surface area contributed by atoms with Gasteiger partial charge < -0.3 is 23.2 Å². The zero-order chi connectivity index (χ0) is 60.6. The minimum absolute atomic E-state index is 0.0435. The predicted molar refractivity (Wildman–Crippen MR) is 370 cm³/mol. The van der Waals surface area contributed by atoms with Crippen molar-refractivity contribution in [2.75, 3.05) is 9.80 Å². The molecule has 1 unspecified atom stereocenters. The molecule has 0 N–H and O–H groups in total. The Morgan fingerprint density at radius 3 is 1.25 bits per heavy atom. The first-order chi connectivity index (χ1) is 42.2. The lowest BCUT2D eigenvalue weighted by Gasteiger charge is -2.40. The summed E-state index contributed by atoms with van der Waals surface area (Å²) in [6.07, 6.45) is 0. The van der Waals surface area contributed by atoms with Crippen LogP contribution in [-0.2, 0) is 27.1 Å². The Balaban J connectivity index is 1.12. The van der Waals surface area contributed by atoms with E-state index in [9.17, 15) is 0 Å². The summed E-state index contributed by atoms with van der Waals surface area (Å²) in [5.74, 6) is 0. The maximum absolute atomic E-state index is 7.71. The Hall–Kier alpha value is -9.58. The van der Waals surface area contributed by atoms with Gasteiger partial charge in [-0.25, -0.2) is 0 Å². The SMILES string of the molecule is CC(C)(C)c1ccc(N(c2ccc(C(C)(C)C)cc2)c2cc3c(c4c2oc2ccccc24)-c2c(cc(N(c4ccc(C(C)(C)C)cc4)c4ccc(C(C)(C)C)cc4)c4c2oc2ccccc24)C32c3ccccc3-n3c4ccccc4c4cccc2c43)cc1. The highest BCUT2D eigenvalue weighted by molar-refractivity contribution is 6.27. The molecule has 1 aliphatic heterocycles. The smallest absolute Gasteiger partial charge is 0.160 e. The summed E-state index contributed by atoms with van der Waals surface area (Å²) >= 11 is 0. The molecule has 11 aromatic carbocycles. The Morgan fingerprint density at radius 2 is 0.727 bits per heavy atom. The fourth-order valence-electron chi connectivity index (χ4n) is 14.9. The van der Waals surface area contributed by atoms with Gasteiger partial charge in [0.05, 0.1) is 38.9 Å². The van der Waals surface area contributed by atoms with Crippen LogP contribution in [0.2, 0.25) is 0 Å². The molecule has 432 valence electrons. The van der Waals surface area contributed by atoms with Gasteiger partial charge in [0.2, 0.25) is 0 Å². The number of aromatic nitrogens is 1. The Kier molecular flexibility index (Phi) is 11.5. The van der Waals surface area contributed by atoms with Crippen LogP contribution in [0.25, 0.3) is 82.5 Å². The third-order valence-corrected chi connectivity index (χ3v) is 19.4.